The molecule has 6 nitrogen and oxygen atoms in total. The molecule has 1 heterocycles. The second-order valence-corrected chi connectivity index (χ2v) is 7.17. The van der Waals surface area contributed by atoms with Crippen LogP contribution in [-0.4, -0.2) is 40.3 Å². The lowest BCUT2D eigenvalue weighted by molar-refractivity contribution is -0.139. The van der Waals surface area contributed by atoms with E-state index in [1.165, 1.54) is 10.5 Å². The van der Waals surface area contributed by atoms with Gasteiger partial charge < -0.3 is 9.84 Å². The molecule has 3 rings (SSSR count). The number of aryl methyl sites for hydroxylation is 1. The van der Waals surface area contributed by atoms with Crippen LogP contribution in [0, 0.1) is 0 Å². The summed E-state index contributed by atoms with van der Waals surface area (Å²) < 4.78 is 5.07. The number of imide groups is 1. The summed E-state index contributed by atoms with van der Waals surface area (Å²) in [7, 11) is 0. The molecular formula is C21H19NO5S. The van der Waals surface area contributed by atoms with Crippen LogP contribution in [0.2, 0.25) is 0 Å². The largest absolute Gasteiger partial charge is 0.482 e. The molecular weight excluding hydrogens is 378 g/mol. The summed E-state index contributed by atoms with van der Waals surface area (Å²) in [6, 6.07) is 16.6. The second kappa shape index (κ2) is 9.23. The van der Waals surface area contributed by atoms with Crippen LogP contribution in [0.25, 0.3) is 6.08 Å². The van der Waals surface area contributed by atoms with E-state index in [2.05, 4.69) is 0 Å². The Balaban J connectivity index is 1.58. The van der Waals surface area contributed by atoms with Crippen LogP contribution in [0.15, 0.2) is 59.5 Å². The van der Waals surface area contributed by atoms with Crippen molar-refractivity contribution in [3.63, 3.8) is 0 Å². The highest BCUT2D eigenvalue weighted by Crippen LogP contribution is 2.32. The third-order valence-corrected chi connectivity index (χ3v) is 5.01. The van der Waals surface area contributed by atoms with Crippen molar-refractivity contribution in [2.45, 2.75) is 12.8 Å². The zero-order chi connectivity index (χ0) is 19.9. The first kappa shape index (κ1) is 19.7. The van der Waals surface area contributed by atoms with Gasteiger partial charge >= 0.3 is 5.97 Å². The van der Waals surface area contributed by atoms with Gasteiger partial charge in [-0.15, -0.1) is 0 Å². The minimum Gasteiger partial charge on any atom is -0.482 e. The first-order valence-electron chi connectivity index (χ1n) is 8.77. The summed E-state index contributed by atoms with van der Waals surface area (Å²) in [5.74, 6) is -0.909. The van der Waals surface area contributed by atoms with E-state index < -0.39 is 12.6 Å². The number of ether oxygens (including phenoxy) is 1. The van der Waals surface area contributed by atoms with E-state index in [1.807, 2.05) is 30.3 Å². The summed E-state index contributed by atoms with van der Waals surface area (Å²) in [6.45, 7) is -0.0277. The van der Waals surface area contributed by atoms with Crippen LogP contribution < -0.4 is 4.74 Å². The Morgan fingerprint density at radius 1 is 1.07 bits per heavy atom. The molecule has 1 N–H and O–H groups in total. The second-order valence-electron chi connectivity index (χ2n) is 6.17. The number of thioether (sulfide) groups is 1. The van der Waals surface area contributed by atoms with Crippen molar-refractivity contribution in [2.75, 3.05) is 13.2 Å². The molecule has 0 spiro atoms. The maximum Gasteiger partial charge on any atom is 0.341 e. The molecule has 0 aliphatic carbocycles. The van der Waals surface area contributed by atoms with Gasteiger partial charge in [0.1, 0.15) is 5.75 Å². The third-order valence-electron chi connectivity index (χ3n) is 4.10. The fourth-order valence-corrected chi connectivity index (χ4v) is 3.60. The van der Waals surface area contributed by atoms with Crippen LogP contribution in [0.3, 0.4) is 0 Å². The van der Waals surface area contributed by atoms with Gasteiger partial charge in [0.25, 0.3) is 11.1 Å². The van der Waals surface area contributed by atoms with Gasteiger partial charge in [0.05, 0.1) is 4.91 Å². The van der Waals surface area contributed by atoms with Crippen molar-refractivity contribution >= 4 is 35.0 Å². The molecule has 7 heteroatoms. The van der Waals surface area contributed by atoms with Crippen molar-refractivity contribution in [1.82, 2.24) is 4.90 Å². The quantitative estimate of drug-likeness (QED) is 0.682. The van der Waals surface area contributed by atoms with Crippen LogP contribution in [0.4, 0.5) is 4.79 Å². The highest BCUT2D eigenvalue weighted by molar-refractivity contribution is 8.18. The normalized spacial score (nSPS) is 15.3. The summed E-state index contributed by atoms with van der Waals surface area (Å²) in [6.07, 6.45) is 3.17. The topological polar surface area (TPSA) is 83.9 Å². The number of carbonyl (C=O) groups is 3. The van der Waals surface area contributed by atoms with E-state index in [1.54, 1.807) is 30.3 Å². The molecule has 1 aliphatic rings. The first-order valence-corrected chi connectivity index (χ1v) is 9.58. The van der Waals surface area contributed by atoms with Gasteiger partial charge in [0.15, 0.2) is 6.61 Å². The minimum absolute atomic E-state index is 0.259. The van der Waals surface area contributed by atoms with Crippen molar-refractivity contribution < 1.29 is 24.2 Å². The van der Waals surface area contributed by atoms with Gasteiger partial charge in [-0.2, -0.15) is 0 Å². The van der Waals surface area contributed by atoms with E-state index in [-0.39, 0.29) is 11.1 Å². The standard InChI is InChI=1S/C21H19NO5S/c23-19(24)14-27-17-10-8-16(9-11-17)13-18-20(25)22(21(26)28-18)12-4-7-15-5-2-1-3-6-15/h1-3,5-6,8-11,13H,4,7,12,14H2,(H,23,24). The summed E-state index contributed by atoms with van der Waals surface area (Å²) in [5, 5.41) is 8.35. The number of carboxylic acid groups (broad SMARTS) is 1. The van der Waals surface area contributed by atoms with Gasteiger partial charge in [0, 0.05) is 6.54 Å². The lowest BCUT2D eigenvalue weighted by Crippen LogP contribution is -2.29. The number of nitrogens with zero attached hydrogens (tertiary/aromatic N) is 1. The summed E-state index contributed by atoms with van der Waals surface area (Å²) in [5.41, 5.74) is 1.91. The number of hydrogen-bond acceptors (Lipinski definition) is 5. The Kier molecular flexibility index (Phi) is 6.49. The van der Waals surface area contributed by atoms with Crippen molar-refractivity contribution in [1.29, 1.82) is 0 Å². The number of hydrogen-bond donors (Lipinski definition) is 1. The highest BCUT2D eigenvalue weighted by atomic mass is 32.2. The van der Waals surface area contributed by atoms with E-state index in [0.717, 1.165) is 23.7 Å². The number of benzene rings is 2. The number of rotatable bonds is 8. The van der Waals surface area contributed by atoms with Crippen LogP contribution in [-0.2, 0) is 16.0 Å². The molecule has 0 unspecified atom stereocenters. The summed E-state index contributed by atoms with van der Waals surface area (Å²) >= 11 is 0.931. The fraction of sp³-hybridized carbons (Fsp3) is 0.190. The van der Waals surface area contributed by atoms with E-state index >= 15 is 0 Å². The number of carbonyl (C=O) groups excluding carboxylic acids is 2. The molecule has 0 bridgehead atoms. The lowest BCUT2D eigenvalue weighted by atomic mass is 10.1. The maximum absolute atomic E-state index is 12.5. The average molecular weight is 397 g/mol. The van der Waals surface area contributed by atoms with Gasteiger partial charge in [-0.05, 0) is 53.9 Å². The van der Waals surface area contributed by atoms with Gasteiger partial charge in [0.2, 0.25) is 0 Å². The summed E-state index contributed by atoms with van der Waals surface area (Å²) in [4.78, 5) is 36.9. The predicted molar refractivity (Wildman–Crippen MR) is 107 cm³/mol. The first-order chi connectivity index (χ1) is 13.5. The van der Waals surface area contributed by atoms with E-state index in [9.17, 15) is 14.4 Å². The van der Waals surface area contributed by atoms with E-state index in [0.29, 0.717) is 23.6 Å². The molecule has 1 saturated heterocycles. The SMILES string of the molecule is O=C(O)COc1ccc(C=C2SC(=O)N(CCCc3ccccc3)C2=O)cc1. The molecule has 0 aromatic heterocycles. The van der Waals surface area contributed by atoms with Gasteiger partial charge in [-0.3, -0.25) is 14.5 Å². The Bertz CT molecular complexity index is 893. The highest BCUT2D eigenvalue weighted by Gasteiger charge is 2.34. The maximum atomic E-state index is 12.5. The predicted octanol–water partition coefficient (Wildman–Crippen LogP) is 3.82. The smallest absolute Gasteiger partial charge is 0.341 e. The molecule has 144 valence electrons. The molecule has 2 aromatic rings. The number of aliphatic carboxylic acids is 1. The number of amides is 2. The zero-order valence-electron chi connectivity index (χ0n) is 15.0. The Hall–Kier alpha value is -3.06. The van der Waals surface area contributed by atoms with Crippen molar-refractivity contribution in [3.05, 3.63) is 70.6 Å². The van der Waals surface area contributed by atoms with Crippen LogP contribution in [0.1, 0.15) is 17.5 Å². The van der Waals surface area contributed by atoms with Gasteiger partial charge in [-0.25, -0.2) is 4.79 Å². The monoisotopic (exact) mass is 397 g/mol. The van der Waals surface area contributed by atoms with E-state index in [4.69, 9.17) is 9.84 Å². The molecule has 1 aliphatic heterocycles. The zero-order valence-corrected chi connectivity index (χ0v) is 15.9. The Morgan fingerprint density at radius 2 is 1.79 bits per heavy atom. The molecule has 2 aromatic carbocycles. The molecule has 0 saturated carbocycles. The lowest BCUT2D eigenvalue weighted by Gasteiger charge is -2.12. The van der Waals surface area contributed by atoms with Crippen molar-refractivity contribution in [2.24, 2.45) is 0 Å². The van der Waals surface area contributed by atoms with Crippen molar-refractivity contribution in [3.8, 4) is 5.75 Å². The molecule has 0 atom stereocenters. The van der Waals surface area contributed by atoms with Gasteiger partial charge in [-0.1, -0.05) is 42.5 Å². The fourth-order valence-electron chi connectivity index (χ4n) is 2.74. The molecule has 0 radical (unpaired) electrons. The van der Waals surface area contributed by atoms with Crippen LogP contribution in [0.5, 0.6) is 5.75 Å². The average Bonchev–Trinajstić information content (AvgIpc) is 2.95. The Morgan fingerprint density at radius 3 is 2.46 bits per heavy atom. The Labute approximate surface area is 166 Å². The molecule has 28 heavy (non-hydrogen) atoms. The van der Waals surface area contributed by atoms with Crippen LogP contribution >= 0.6 is 11.8 Å². The molecule has 1 fully saturated rings. The molecule has 2 amide bonds. The third kappa shape index (κ3) is 5.23. The minimum atomic E-state index is -1.05. The number of carboxylic acids is 1.